The van der Waals surface area contributed by atoms with Gasteiger partial charge in [0.25, 0.3) is 0 Å². The molecule has 160 valence electrons. The molecule has 0 bridgehead atoms. The molecule has 1 aromatic heterocycles. The van der Waals surface area contributed by atoms with Crippen LogP contribution in [0.2, 0.25) is 0 Å². The lowest BCUT2D eigenvalue weighted by molar-refractivity contribution is -0.141. The maximum absolute atomic E-state index is 13.2. The molecule has 0 unspecified atom stereocenters. The Labute approximate surface area is 179 Å². The van der Waals surface area contributed by atoms with E-state index in [0.717, 1.165) is 17.7 Å². The van der Waals surface area contributed by atoms with Crippen LogP contribution in [0.25, 0.3) is 0 Å². The van der Waals surface area contributed by atoms with Crippen LogP contribution in [0.3, 0.4) is 0 Å². The maximum atomic E-state index is 13.2. The van der Waals surface area contributed by atoms with Crippen molar-refractivity contribution in [1.29, 1.82) is 0 Å². The first-order chi connectivity index (χ1) is 14.7. The first-order valence-corrected chi connectivity index (χ1v) is 10.9. The van der Waals surface area contributed by atoms with Crippen LogP contribution in [0.5, 0.6) is 0 Å². The number of furan rings is 1. The summed E-state index contributed by atoms with van der Waals surface area (Å²) in [6, 6.07) is 13.5. The van der Waals surface area contributed by atoms with Gasteiger partial charge in [0, 0.05) is 19.5 Å². The second-order valence-corrected chi connectivity index (χ2v) is 8.07. The molecule has 0 aliphatic heterocycles. The summed E-state index contributed by atoms with van der Waals surface area (Å²) in [7, 11) is 0. The van der Waals surface area contributed by atoms with Crippen molar-refractivity contribution in [2.24, 2.45) is 5.92 Å². The summed E-state index contributed by atoms with van der Waals surface area (Å²) in [6.07, 6.45) is 9.71. The van der Waals surface area contributed by atoms with Crippen LogP contribution >= 0.6 is 0 Å². The van der Waals surface area contributed by atoms with Gasteiger partial charge >= 0.3 is 0 Å². The zero-order chi connectivity index (χ0) is 21.2. The second-order valence-electron chi connectivity index (χ2n) is 8.07. The second kappa shape index (κ2) is 11.4. The van der Waals surface area contributed by atoms with Gasteiger partial charge in [-0.05, 0) is 30.0 Å². The van der Waals surface area contributed by atoms with E-state index in [1.165, 1.54) is 25.7 Å². The normalized spacial score (nSPS) is 13.9. The summed E-state index contributed by atoms with van der Waals surface area (Å²) in [4.78, 5) is 29.4. The molecule has 1 heterocycles. The summed E-state index contributed by atoms with van der Waals surface area (Å²) in [6.45, 7) is 5.05. The van der Waals surface area contributed by atoms with E-state index in [0.29, 0.717) is 32.0 Å². The van der Waals surface area contributed by atoms with E-state index < -0.39 is 0 Å². The molecular weight excluding hydrogens is 376 g/mol. The highest BCUT2D eigenvalue weighted by Crippen LogP contribution is 2.28. The molecule has 1 aliphatic carbocycles. The zero-order valence-electron chi connectivity index (χ0n) is 17.7. The zero-order valence-corrected chi connectivity index (χ0v) is 17.7. The fraction of sp³-hybridized carbons (Fsp3) is 0.440. The van der Waals surface area contributed by atoms with Crippen LogP contribution in [0.15, 0.2) is 65.8 Å². The average molecular weight is 409 g/mol. The fourth-order valence-electron chi connectivity index (χ4n) is 4.09. The highest BCUT2D eigenvalue weighted by molar-refractivity contribution is 5.85. The number of carbonyl (C=O) groups excluding carboxylic acids is 2. The van der Waals surface area contributed by atoms with Crippen molar-refractivity contribution in [2.45, 2.75) is 51.6 Å². The number of amides is 2. The molecule has 1 saturated carbocycles. The van der Waals surface area contributed by atoms with E-state index in [9.17, 15) is 9.59 Å². The van der Waals surface area contributed by atoms with Crippen LogP contribution in [0.1, 0.15) is 49.8 Å². The van der Waals surface area contributed by atoms with Gasteiger partial charge in [0.2, 0.25) is 11.8 Å². The van der Waals surface area contributed by atoms with Gasteiger partial charge in [-0.25, -0.2) is 0 Å². The number of nitrogens with zero attached hydrogens (tertiary/aromatic N) is 2. The number of benzene rings is 1. The van der Waals surface area contributed by atoms with Gasteiger partial charge in [-0.3, -0.25) is 9.59 Å². The predicted molar refractivity (Wildman–Crippen MR) is 117 cm³/mol. The number of carbonyl (C=O) groups is 2. The lowest BCUT2D eigenvalue weighted by Gasteiger charge is -2.27. The lowest BCUT2D eigenvalue weighted by atomic mass is 10.0. The van der Waals surface area contributed by atoms with Gasteiger partial charge in [0.05, 0.1) is 12.8 Å². The Hall–Kier alpha value is -2.82. The topological polar surface area (TPSA) is 53.8 Å². The predicted octanol–water partition coefficient (Wildman–Crippen LogP) is 4.79. The molecule has 1 aromatic carbocycles. The molecule has 1 fully saturated rings. The minimum atomic E-state index is -0.0914. The maximum Gasteiger partial charge on any atom is 0.242 e. The van der Waals surface area contributed by atoms with E-state index in [1.807, 2.05) is 42.5 Å². The largest absolute Gasteiger partial charge is 0.467 e. The third-order valence-corrected chi connectivity index (χ3v) is 5.77. The van der Waals surface area contributed by atoms with Crippen LogP contribution in [-0.2, 0) is 22.7 Å². The van der Waals surface area contributed by atoms with E-state index in [-0.39, 0.29) is 18.4 Å². The van der Waals surface area contributed by atoms with Crippen LogP contribution in [0.4, 0.5) is 0 Å². The van der Waals surface area contributed by atoms with Crippen molar-refractivity contribution in [3.05, 3.63) is 72.7 Å². The van der Waals surface area contributed by atoms with Crippen molar-refractivity contribution < 1.29 is 14.0 Å². The standard InChI is InChI=1S/C25H32N2O3/c1-2-16-26(24(28)15-14-21-9-6-7-10-21)20-25(29)27(19-23-13-8-17-30-23)18-22-11-4-3-5-12-22/h2-5,8,11-13,17,21H,1,6-7,9-10,14-16,18-20H2. The molecule has 0 saturated heterocycles. The van der Waals surface area contributed by atoms with E-state index in [2.05, 4.69) is 6.58 Å². The summed E-state index contributed by atoms with van der Waals surface area (Å²) in [5.41, 5.74) is 1.04. The molecular formula is C25H32N2O3. The summed E-state index contributed by atoms with van der Waals surface area (Å²) in [5, 5.41) is 0. The highest BCUT2D eigenvalue weighted by atomic mass is 16.3. The van der Waals surface area contributed by atoms with E-state index in [4.69, 9.17) is 4.42 Å². The van der Waals surface area contributed by atoms with Crippen molar-refractivity contribution in [1.82, 2.24) is 9.80 Å². The van der Waals surface area contributed by atoms with Crippen molar-refractivity contribution >= 4 is 11.8 Å². The smallest absolute Gasteiger partial charge is 0.242 e. The van der Waals surface area contributed by atoms with E-state index >= 15 is 0 Å². The van der Waals surface area contributed by atoms with Gasteiger partial charge in [-0.1, -0.05) is 62.1 Å². The molecule has 5 nitrogen and oxygen atoms in total. The lowest BCUT2D eigenvalue weighted by Crippen LogP contribution is -2.42. The highest BCUT2D eigenvalue weighted by Gasteiger charge is 2.23. The molecule has 2 amide bonds. The van der Waals surface area contributed by atoms with Crippen LogP contribution < -0.4 is 0 Å². The Morgan fingerprint density at radius 3 is 2.43 bits per heavy atom. The summed E-state index contributed by atoms with van der Waals surface area (Å²) in [5.74, 6) is 1.32. The third kappa shape index (κ3) is 6.61. The molecule has 0 radical (unpaired) electrons. The minimum Gasteiger partial charge on any atom is -0.467 e. The van der Waals surface area contributed by atoms with Crippen molar-refractivity contribution in [2.75, 3.05) is 13.1 Å². The minimum absolute atomic E-state index is 0.0350. The Kier molecular flexibility index (Phi) is 8.30. The van der Waals surface area contributed by atoms with Crippen molar-refractivity contribution in [3.63, 3.8) is 0 Å². The number of hydrogen-bond donors (Lipinski definition) is 0. The van der Waals surface area contributed by atoms with E-state index in [1.54, 1.807) is 22.1 Å². The average Bonchev–Trinajstić information content (AvgIpc) is 3.46. The monoisotopic (exact) mass is 408 g/mol. The van der Waals surface area contributed by atoms with Gasteiger partial charge < -0.3 is 14.2 Å². The van der Waals surface area contributed by atoms with Crippen LogP contribution in [-0.4, -0.2) is 34.7 Å². The molecule has 0 atom stereocenters. The molecule has 5 heteroatoms. The Balaban J connectivity index is 1.64. The first kappa shape index (κ1) is 21.9. The van der Waals surface area contributed by atoms with Crippen molar-refractivity contribution in [3.8, 4) is 0 Å². The van der Waals surface area contributed by atoms with Gasteiger partial charge in [0.1, 0.15) is 12.3 Å². The summed E-state index contributed by atoms with van der Waals surface area (Å²) >= 11 is 0. The molecule has 1 aliphatic rings. The molecule has 0 spiro atoms. The SMILES string of the molecule is C=CCN(CC(=O)N(Cc1ccccc1)Cc1ccco1)C(=O)CCC1CCCC1. The number of rotatable bonds is 11. The Bertz CT molecular complexity index is 795. The Morgan fingerprint density at radius 1 is 1.00 bits per heavy atom. The molecule has 30 heavy (non-hydrogen) atoms. The van der Waals surface area contributed by atoms with Gasteiger partial charge in [-0.2, -0.15) is 0 Å². The van der Waals surface area contributed by atoms with Crippen LogP contribution in [0, 0.1) is 5.92 Å². The molecule has 2 aromatic rings. The Morgan fingerprint density at radius 2 is 1.77 bits per heavy atom. The van der Waals surface area contributed by atoms with Gasteiger partial charge in [-0.15, -0.1) is 6.58 Å². The number of hydrogen-bond acceptors (Lipinski definition) is 3. The third-order valence-electron chi connectivity index (χ3n) is 5.77. The fourth-order valence-corrected chi connectivity index (χ4v) is 4.09. The quantitative estimate of drug-likeness (QED) is 0.502. The first-order valence-electron chi connectivity index (χ1n) is 10.9. The molecule has 0 N–H and O–H groups in total. The van der Waals surface area contributed by atoms with Gasteiger partial charge in [0.15, 0.2) is 0 Å². The molecule has 3 rings (SSSR count). The summed E-state index contributed by atoms with van der Waals surface area (Å²) < 4.78 is 5.46.